The lowest BCUT2D eigenvalue weighted by molar-refractivity contribution is 0.102. The smallest absolute Gasteiger partial charge is 0.265 e. The fourth-order valence-corrected chi connectivity index (χ4v) is 3.47. The van der Waals surface area contributed by atoms with Crippen LogP contribution in [0.4, 0.5) is 5.69 Å². The van der Waals surface area contributed by atoms with E-state index in [0.29, 0.717) is 52.6 Å². The second-order valence-electron chi connectivity index (χ2n) is 7.80. The number of amides is 1. The van der Waals surface area contributed by atoms with E-state index in [0.717, 1.165) is 12.8 Å². The maximum Gasteiger partial charge on any atom is 0.265 e. The summed E-state index contributed by atoms with van der Waals surface area (Å²) >= 11 is 0. The molecule has 7 heteroatoms. The minimum Gasteiger partial charge on any atom is -0.490 e. The lowest BCUT2D eigenvalue weighted by Crippen LogP contribution is -2.19. The van der Waals surface area contributed by atoms with Gasteiger partial charge >= 0.3 is 0 Å². The van der Waals surface area contributed by atoms with Gasteiger partial charge in [-0.05, 0) is 61.4 Å². The van der Waals surface area contributed by atoms with Crippen molar-refractivity contribution in [1.29, 1.82) is 0 Å². The minimum atomic E-state index is -0.265. The van der Waals surface area contributed by atoms with E-state index in [1.165, 1.54) is 10.9 Å². The van der Waals surface area contributed by atoms with Crippen LogP contribution in [0.2, 0.25) is 0 Å². The molecule has 3 aromatic carbocycles. The Morgan fingerprint density at radius 1 is 0.912 bits per heavy atom. The van der Waals surface area contributed by atoms with Gasteiger partial charge in [-0.2, -0.15) is 0 Å². The van der Waals surface area contributed by atoms with E-state index in [1.807, 2.05) is 26.0 Å². The van der Waals surface area contributed by atoms with Gasteiger partial charge in [0, 0.05) is 17.3 Å². The number of nitrogens with one attached hydrogen (secondary N) is 1. The van der Waals surface area contributed by atoms with Crippen LogP contribution in [0.25, 0.3) is 16.6 Å². The number of benzene rings is 3. The fraction of sp³-hybridized carbons (Fsp3) is 0.222. The second-order valence-corrected chi connectivity index (χ2v) is 7.80. The van der Waals surface area contributed by atoms with Crippen LogP contribution in [0.1, 0.15) is 37.0 Å². The zero-order valence-electron chi connectivity index (χ0n) is 19.3. The average molecular weight is 458 g/mol. The van der Waals surface area contributed by atoms with Crippen molar-refractivity contribution >= 4 is 22.5 Å². The summed E-state index contributed by atoms with van der Waals surface area (Å²) in [4.78, 5) is 30.0. The number of carbonyl (C=O) groups is 1. The molecule has 7 nitrogen and oxygen atoms in total. The van der Waals surface area contributed by atoms with E-state index < -0.39 is 0 Å². The van der Waals surface area contributed by atoms with E-state index in [9.17, 15) is 9.59 Å². The Hall–Kier alpha value is -4.13. The van der Waals surface area contributed by atoms with Crippen molar-refractivity contribution in [2.24, 2.45) is 0 Å². The number of ether oxygens (including phenoxy) is 2. The second kappa shape index (κ2) is 10.7. The number of anilines is 1. The third-order valence-electron chi connectivity index (χ3n) is 5.20. The summed E-state index contributed by atoms with van der Waals surface area (Å²) in [6.07, 6.45) is 3.26. The van der Waals surface area contributed by atoms with Crippen molar-refractivity contribution in [2.45, 2.75) is 26.7 Å². The van der Waals surface area contributed by atoms with Crippen molar-refractivity contribution in [1.82, 2.24) is 9.55 Å². The largest absolute Gasteiger partial charge is 0.490 e. The highest BCUT2D eigenvalue weighted by atomic mass is 16.5. The standard InChI is InChI=1S/C27H27N3O4/c1-3-15-33-24-14-11-20(17-25(24)34-16-4-2)29-26(31)19-9-12-21(13-10-19)30-18-28-23-8-6-5-7-22(23)27(30)32/h5-14,17-18H,3-4,15-16H2,1-2H3,(H,29,31). The predicted molar refractivity (Wildman–Crippen MR) is 133 cm³/mol. The van der Waals surface area contributed by atoms with Gasteiger partial charge in [-0.3, -0.25) is 14.2 Å². The summed E-state index contributed by atoms with van der Waals surface area (Å²) in [6.45, 7) is 5.23. The molecule has 1 aromatic heterocycles. The van der Waals surface area contributed by atoms with Gasteiger partial charge in [0.05, 0.1) is 29.8 Å². The lowest BCUT2D eigenvalue weighted by atomic mass is 10.1. The monoisotopic (exact) mass is 457 g/mol. The Labute approximate surface area is 198 Å². The van der Waals surface area contributed by atoms with Crippen LogP contribution in [0.15, 0.2) is 77.9 Å². The third kappa shape index (κ3) is 5.09. The molecule has 0 fully saturated rings. The summed E-state index contributed by atoms with van der Waals surface area (Å²) in [6, 6.07) is 19.4. The lowest BCUT2D eigenvalue weighted by Gasteiger charge is -2.14. The van der Waals surface area contributed by atoms with E-state index in [1.54, 1.807) is 54.6 Å². The first-order valence-electron chi connectivity index (χ1n) is 11.4. The fourth-order valence-electron chi connectivity index (χ4n) is 3.47. The molecule has 0 unspecified atom stereocenters. The summed E-state index contributed by atoms with van der Waals surface area (Å²) < 4.78 is 13.0. The number of para-hydroxylation sites is 1. The predicted octanol–water partition coefficient (Wildman–Crippen LogP) is 5.22. The molecule has 1 amide bonds. The molecule has 1 N–H and O–H groups in total. The molecule has 4 aromatic rings. The molecule has 0 aliphatic carbocycles. The van der Waals surface area contributed by atoms with E-state index in [2.05, 4.69) is 10.3 Å². The van der Waals surface area contributed by atoms with Crippen molar-refractivity contribution in [3.8, 4) is 17.2 Å². The van der Waals surface area contributed by atoms with Crippen LogP contribution in [0.5, 0.6) is 11.5 Å². The summed E-state index contributed by atoms with van der Waals surface area (Å²) in [5, 5.41) is 3.44. The Balaban J connectivity index is 1.52. The van der Waals surface area contributed by atoms with Crippen LogP contribution in [0, 0.1) is 0 Å². The number of aromatic nitrogens is 2. The maximum atomic E-state index is 12.8. The normalized spacial score (nSPS) is 10.8. The Morgan fingerprint density at radius 2 is 1.62 bits per heavy atom. The topological polar surface area (TPSA) is 82.5 Å². The number of hydrogen-bond donors (Lipinski definition) is 1. The van der Waals surface area contributed by atoms with Crippen LogP contribution in [0.3, 0.4) is 0 Å². The zero-order chi connectivity index (χ0) is 23.9. The van der Waals surface area contributed by atoms with Crippen LogP contribution < -0.4 is 20.3 Å². The van der Waals surface area contributed by atoms with Gasteiger partial charge in [0.25, 0.3) is 11.5 Å². The molecular formula is C27H27N3O4. The summed E-state index contributed by atoms with van der Waals surface area (Å²) in [5.41, 5.74) is 2.19. The minimum absolute atomic E-state index is 0.159. The van der Waals surface area contributed by atoms with Crippen molar-refractivity contribution in [2.75, 3.05) is 18.5 Å². The number of hydrogen-bond acceptors (Lipinski definition) is 5. The molecule has 0 aliphatic rings. The zero-order valence-corrected chi connectivity index (χ0v) is 19.3. The molecule has 0 saturated heterocycles. The number of carbonyl (C=O) groups excluding carboxylic acids is 1. The first kappa shape index (κ1) is 23.0. The number of rotatable bonds is 9. The van der Waals surface area contributed by atoms with Gasteiger partial charge in [0.2, 0.25) is 0 Å². The maximum absolute atomic E-state index is 12.8. The summed E-state index contributed by atoms with van der Waals surface area (Å²) in [7, 11) is 0. The highest BCUT2D eigenvalue weighted by Gasteiger charge is 2.12. The quantitative estimate of drug-likeness (QED) is 0.373. The van der Waals surface area contributed by atoms with E-state index >= 15 is 0 Å². The van der Waals surface area contributed by atoms with Crippen molar-refractivity contribution in [3.63, 3.8) is 0 Å². The van der Waals surface area contributed by atoms with Gasteiger partial charge in [-0.15, -0.1) is 0 Å². The molecule has 0 bridgehead atoms. The molecule has 4 rings (SSSR count). The van der Waals surface area contributed by atoms with Crippen LogP contribution >= 0.6 is 0 Å². The molecule has 34 heavy (non-hydrogen) atoms. The van der Waals surface area contributed by atoms with Crippen molar-refractivity contribution < 1.29 is 14.3 Å². The van der Waals surface area contributed by atoms with Crippen LogP contribution in [-0.2, 0) is 0 Å². The van der Waals surface area contributed by atoms with Crippen LogP contribution in [-0.4, -0.2) is 28.7 Å². The van der Waals surface area contributed by atoms with Gasteiger partial charge in [0.15, 0.2) is 11.5 Å². The first-order valence-corrected chi connectivity index (χ1v) is 11.4. The van der Waals surface area contributed by atoms with E-state index in [4.69, 9.17) is 9.47 Å². The number of fused-ring (bicyclic) bond motifs is 1. The third-order valence-corrected chi connectivity index (χ3v) is 5.20. The molecule has 174 valence electrons. The highest BCUT2D eigenvalue weighted by molar-refractivity contribution is 6.04. The van der Waals surface area contributed by atoms with E-state index in [-0.39, 0.29) is 11.5 Å². The molecule has 0 radical (unpaired) electrons. The van der Waals surface area contributed by atoms with Crippen molar-refractivity contribution in [3.05, 3.63) is 89.0 Å². The highest BCUT2D eigenvalue weighted by Crippen LogP contribution is 2.31. The molecule has 1 heterocycles. The Morgan fingerprint density at radius 3 is 2.35 bits per heavy atom. The SMILES string of the molecule is CCCOc1ccc(NC(=O)c2ccc(-n3cnc4ccccc4c3=O)cc2)cc1OCCC. The first-order chi connectivity index (χ1) is 16.6. The van der Waals surface area contributed by atoms with Gasteiger partial charge in [-0.1, -0.05) is 26.0 Å². The Kier molecular flexibility index (Phi) is 7.22. The van der Waals surface area contributed by atoms with Gasteiger partial charge < -0.3 is 14.8 Å². The van der Waals surface area contributed by atoms with Gasteiger partial charge in [-0.25, -0.2) is 4.98 Å². The average Bonchev–Trinajstić information content (AvgIpc) is 2.87. The molecule has 0 saturated carbocycles. The molecule has 0 spiro atoms. The molecular weight excluding hydrogens is 430 g/mol. The Bertz CT molecular complexity index is 1350. The van der Waals surface area contributed by atoms with Gasteiger partial charge in [0.1, 0.15) is 6.33 Å². The molecule has 0 aliphatic heterocycles. The summed E-state index contributed by atoms with van der Waals surface area (Å²) in [5.74, 6) is 0.998. The molecule has 0 atom stereocenters. The number of nitrogens with zero attached hydrogens (tertiary/aromatic N) is 2.